The second-order valence-electron chi connectivity index (χ2n) is 3.84. The summed E-state index contributed by atoms with van der Waals surface area (Å²) in [6, 6.07) is 0.633. The summed E-state index contributed by atoms with van der Waals surface area (Å²) in [5, 5.41) is 12.9. The second-order valence-corrected chi connectivity index (χ2v) is 3.84. The van der Waals surface area contributed by atoms with Crippen LogP contribution in [0.1, 0.15) is 34.6 Å². The van der Waals surface area contributed by atoms with Gasteiger partial charge in [0.1, 0.15) is 0 Å². The normalized spacial score (nSPS) is 17.5. The maximum Gasteiger partial charge on any atom is 0.0713 e. The third kappa shape index (κ3) is 4.38. The molecule has 0 unspecified atom stereocenters. The van der Waals surface area contributed by atoms with E-state index in [0.29, 0.717) is 12.0 Å². The van der Waals surface area contributed by atoms with Crippen molar-refractivity contribution in [3.63, 3.8) is 0 Å². The Hall–Kier alpha value is -0.0800. The molecule has 0 saturated carbocycles. The molecular weight excluding hydrogens is 138 g/mol. The summed E-state index contributed by atoms with van der Waals surface area (Å²) >= 11 is 0. The van der Waals surface area contributed by atoms with E-state index in [9.17, 15) is 5.11 Å². The fraction of sp³-hybridized carbons (Fsp3) is 1.00. The van der Waals surface area contributed by atoms with Crippen molar-refractivity contribution in [2.75, 3.05) is 0 Å². The lowest BCUT2D eigenvalue weighted by molar-refractivity contribution is 0.0865. The summed E-state index contributed by atoms with van der Waals surface area (Å²) in [6.07, 6.45) is -0.239. The van der Waals surface area contributed by atoms with Crippen molar-refractivity contribution in [2.24, 2.45) is 5.92 Å². The predicted octanol–water partition coefficient (Wildman–Crippen LogP) is 1.39. The molecule has 0 saturated heterocycles. The van der Waals surface area contributed by atoms with Gasteiger partial charge in [-0.3, -0.25) is 0 Å². The Balaban J connectivity index is 3.73. The van der Waals surface area contributed by atoms with E-state index in [1.165, 1.54) is 0 Å². The molecule has 2 nitrogen and oxygen atoms in total. The van der Waals surface area contributed by atoms with E-state index in [2.05, 4.69) is 19.2 Å². The van der Waals surface area contributed by atoms with Gasteiger partial charge in [-0.05, 0) is 12.8 Å². The van der Waals surface area contributed by atoms with Crippen LogP contribution in [-0.2, 0) is 0 Å². The number of nitrogens with one attached hydrogen (secondary N) is 1. The molecule has 2 N–H and O–H groups in total. The quantitative estimate of drug-likeness (QED) is 0.649. The van der Waals surface area contributed by atoms with Crippen molar-refractivity contribution in [1.29, 1.82) is 0 Å². The fourth-order valence-corrected chi connectivity index (χ4v) is 1.20. The van der Waals surface area contributed by atoms with E-state index < -0.39 is 0 Å². The highest BCUT2D eigenvalue weighted by atomic mass is 16.3. The summed E-state index contributed by atoms with van der Waals surface area (Å²) in [5.41, 5.74) is 0. The highest BCUT2D eigenvalue weighted by Crippen LogP contribution is 2.05. The summed E-state index contributed by atoms with van der Waals surface area (Å²) in [4.78, 5) is 0. The van der Waals surface area contributed by atoms with Crippen LogP contribution in [-0.4, -0.2) is 23.3 Å². The van der Waals surface area contributed by atoms with Crippen molar-refractivity contribution in [2.45, 2.75) is 52.8 Å². The smallest absolute Gasteiger partial charge is 0.0713 e. The maximum absolute atomic E-state index is 9.58. The number of rotatable bonds is 4. The lowest BCUT2D eigenvalue weighted by Gasteiger charge is -2.25. The van der Waals surface area contributed by atoms with Crippen LogP contribution in [0.4, 0.5) is 0 Å². The molecule has 0 bridgehead atoms. The standard InChI is InChI=1S/C9H21NO/c1-6(2)9(11)8(5)10-7(3)4/h6-11H,1-5H3/t8-,9+/m1/s1. The van der Waals surface area contributed by atoms with Gasteiger partial charge in [0, 0.05) is 12.1 Å². The Labute approximate surface area is 70.0 Å². The van der Waals surface area contributed by atoms with Crippen molar-refractivity contribution in [3.8, 4) is 0 Å². The molecule has 2 heteroatoms. The highest BCUT2D eigenvalue weighted by Gasteiger charge is 2.17. The fourth-order valence-electron chi connectivity index (χ4n) is 1.20. The minimum absolute atomic E-state index is 0.190. The minimum atomic E-state index is -0.239. The lowest BCUT2D eigenvalue weighted by atomic mass is 10.0. The van der Waals surface area contributed by atoms with Gasteiger partial charge in [-0.15, -0.1) is 0 Å². The third-order valence-electron chi connectivity index (χ3n) is 1.79. The molecule has 0 heterocycles. The first-order valence-electron chi connectivity index (χ1n) is 4.39. The molecule has 11 heavy (non-hydrogen) atoms. The van der Waals surface area contributed by atoms with E-state index in [0.717, 1.165) is 0 Å². The van der Waals surface area contributed by atoms with E-state index in [1.807, 2.05) is 20.8 Å². The van der Waals surface area contributed by atoms with Gasteiger partial charge >= 0.3 is 0 Å². The summed E-state index contributed by atoms with van der Waals surface area (Å²) < 4.78 is 0. The molecule has 0 aromatic carbocycles. The topological polar surface area (TPSA) is 32.3 Å². The molecule has 0 aliphatic rings. The van der Waals surface area contributed by atoms with Gasteiger partial charge in [0.05, 0.1) is 6.10 Å². The Morgan fingerprint density at radius 1 is 1.00 bits per heavy atom. The monoisotopic (exact) mass is 159 g/mol. The van der Waals surface area contributed by atoms with Crippen LogP contribution < -0.4 is 5.32 Å². The van der Waals surface area contributed by atoms with Crippen LogP contribution in [0.5, 0.6) is 0 Å². The maximum atomic E-state index is 9.58. The van der Waals surface area contributed by atoms with Gasteiger partial charge in [-0.1, -0.05) is 27.7 Å². The van der Waals surface area contributed by atoms with Gasteiger partial charge < -0.3 is 10.4 Å². The van der Waals surface area contributed by atoms with Crippen molar-refractivity contribution in [1.82, 2.24) is 5.32 Å². The van der Waals surface area contributed by atoms with E-state index >= 15 is 0 Å². The molecule has 0 aliphatic carbocycles. The molecule has 0 aromatic heterocycles. The molecule has 68 valence electrons. The molecule has 0 amide bonds. The number of hydrogen-bond donors (Lipinski definition) is 2. The summed E-state index contributed by atoms with van der Waals surface area (Å²) in [6.45, 7) is 10.3. The average molecular weight is 159 g/mol. The Bertz CT molecular complexity index is 102. The van der Waals surface area contributed by atoms with E-state index in [4.69, 9.17) is 0 Å². The Morgan fingerprint density at radius 3 is 1.73 bits per heavy atom. The predicted molar refractivity (Wildman–Crippen MR) is 48.6 cm³/mol. The number of aliphatic hydroxyl groups is 1. The van der Waals surface area contributed by atoms with Gasteiger partial charge in [0.25, 0.3) is 0 Å². The van der Waals surface area contributed by atoms with Crippen molar-refractivity contribution in [3.05, 3.63) is 0 Å². The van der Waals surface area contributed by atoms with E-state index in [-0.39, 0.29) is 12.1 Å². The first-order chi connectivity index (χ1) is 4.95. The minimum Gasteiger partial charge on any atom is -0.391 e. The number of hydrogen-bond acceptors (Lipinski definition) is 2. The van der Waals surface area contributed by atoms with Crippen LogP contribution >= 0.6 is 0 Å². The Kier molecular flexibility index (Phi) is 4.69. The Morgan fingerprint density at radius 2 is 1.45 bits per heavy atom. The van der Waals surface area contributed by atoms with Crippen molar-refractivity contribution >= 4 is 0 Å². The van der Waals surface area contributed by atoms with Gasteiger partial charge in [0.15, 0.2) is 0 Å². The first kappa shape index (κ1) is 10.9. The van der Waals surface area contributed by atoms with Crippen LogP contribution in [0, 0.1) is 5.92 Å². The van der Waals surface area contributed by atoms with Gasteiger partial charge in [0.2, 0.25) is 0 Å². The molecule has 0 spiro atoms. The van der Waals surface area contributed by atoms with Crippen molar-refractivity contribution < 1.29 is 5.11 Å². The SMILES string of the molecule is CC(C)N[C@H](C)[C@@H](O)C(C)C. The third-order valence-corrected chi connectivity index (χ3v) is 1.79. The molecule has 0 rings (SSSR count). The summed E-state index contributed by atoms with van der Waals surface area (Å²) in [5.74, 6) is 0.330. The zero-order valence-electron chi connectivity index (χ0n) is 8.26. The lowest BCUT2D eigenvalue weighted by Crippen LogP contribution is -2.43. The number of aliphatic hydroxyl groups excluding tert-OH is 1. The van der Waals surface area contributed by atoms with Crippen LogP contribution in [0.2, 0.25) is 0 Å². The van der Waals surface area contributed by atoms with Crippen LogP contribution in [0.3, 0.4) is 0 Å². The molecule has 0 fully saturated rings. The largest absolute Gasteiger partial charge is 0.391 e. The van der Waals surface area contributed by atoms with E-state index in [1.54, 1.807) is 0 Å². The summed E-state index contributed by atoms with van der Waals surface area (Å²) in [7, 11) is 0. The van der Waals surface area contributed by atoms with Crippen LogP contribution in [0.25, 0.3) is 0 Å². The van der Waals surface area contributed by atoms with Crippen LogP contribution in [0.15, 0.2) is 0 Å². The molecule has 0 radical (unpaired) electrons. The molecular formula is C9H21NO. The molecule has 0 aliphatic heterocycles. The first-order valence-corrected chi connectivity index (χ1v) is 4.39. The average Bonchev–Trinajstić information content (AvgIpc) is 1.84. The second kappa shape index (κ2) is 4.73. The highest BCUT2D eigenvalue weighted by molar-refractivity contribution is 4.74. The zero-order valence-corrected chi connectivity index (χ0v) is 8.26. The van der Waals surface area contributed by atoms with Gasteiger partial charge in [-0.25, -0.2) is 0 Å². The zero-order chi connectivity index (χ0) is 9.02. The van der Waals surface area contributed by atoms with Gasteiger partial charge in [-0.2, -0.15) is 0 Å². The molecule has 0 aromatic rings. The molecule has 2 atom stereocenters.